The van der Waals surface area contributed by atoms with E-state index in [1.165, 1.54) is 0 Å². The molecular formula is C14H22N2O2S. The van der Waals surface area contributed by atoms with Gasteiger partial charge in [0, 0.05) is 19.1 Å². The molecule has 1 aliphatic heterocycles. The highest BCUT2D eigenvalue weighted by Crippen LogP contribution is 2.34. The molecule has 0 aliphatic carbocycles. The molecule has 0 aromatic heterocycles. The Balaban J connectivity index is 2.47. The minimum Gasteiger partial charge on any atom is -0.387 e. The number of para-hydroxylation sites is 1. The van der Waals surface area contributed by atoms with E-state index >= 15 is 0 Å². The second-order valence-corrected chi connectivity index (χ2v) is 6.88. The molecule has 0 radical (unpaired) electrons. The van der Waals surface area contributed by atoms with E-state index in [9.17, 15) is 8.42 Å². The Morgan fingerprint density at radius 1 is 1.32 bits per heavy atom. The number of hydrogen-bond acceptors (Lipinski definition) is 3. The molecule has 19 heavy (non-hydrogen) atoms. The fourth-order valence-corrected chi connectivity index (χ4v) is 5.03. The van der Waals surface area contributed by atoms with Crippen molar-refractivity contribution < 1.29 is 8.42 Å². The highest BCUT2D eigenvalue weighted by Gasteiger charge is 2.39. The van der Waals surface area contributed by atoms with Gasteiger partial charge in [-0.3, -0.25) is 0 Å². The lowest BCUT2D eigenvalue weighted by Crippen LogP contribution is -2.39. The monoisotopic (exact) mass is 282 g/mol. The van der Waals surface area contributed by atoms with Crippen LogP contribution in [0.4, 0.5) is 5.69 Å². The van der Waals surface area contributed by atoms with Crippen LogP contribution in [-0.4, -0.2) is 31.9 Å². The first-order chi connectivity index (χ1) is 9.02. The summed E-state index contributed by atoms with van der Waals surface area (Å²) in [5.41, 5.74) is 0.663. The van der Waals surface area contributed by atoms with Gasteiger partial charge in [0.05, 0.1) is 5.69 Å². The third-order valence-electron chi connectivity index (χ3n) is 3.90. The van der Waals surface area contributed by atoms with Crippen LogP contribution in [0.5, 0.6) is 0 Å². The summed E-state index contributed by atoms with van der Waals surface area (Å²) in [6, 6.07) is 7.31. The summed E-state index contributed by atoms with van der Waals surface area (Å²) >= 11 is 0. The van der Waals surface area contributed by atoms with Gasteiger partial charge in [-0.05, 0) is 38.3 Å². The maximum Gasteiger partial charge on any atom is 0.245 e. The Morgan fingerprint density at radius 2 is 2.00 bits per heavy atom. The van der Waals surface area contributed by atoms with Gasteiger partial charge < -0.3 is 5.32 Å². The van der Waals surface area contributed by atoms with E-state index in [-0.39, 0.29) is 12.1 Å². The molecule has 2 atom stereocenters. The van der Waals surface area contributed by atoms with Gasteiger partial charge in [-0.25, -0.2) is 8.42 Å². The molecule has 5 heteroatoms. The summed E-state index contributed by atoms with van der Waals surface area (Å²) in [5, 5.41) is 2.97. The van der Waals surface area contributed by atoms with Crippen LogP contribution >= 0.6 is 0 Å². The highest BCUT2D eigenvalue weighted by molar-refractivity contribution is 7.89. The SMILES string of the molecule is CCC1CCC(C)N1S(=O)(=O)c1ccccc1NC. The van der Waals surface area contributed by atoms with Crippen LogP contribution < -0.4 is 5.32 Å². The first kappa shape index (κ1) is 14.3. The van der Waals surface area contributed by atoms with Gasteiger partial charge in [-0.15, -0.1) is 0 Å². The number of nitrogens with one attached hydrogen (secondary N) is 1. The van der Waals surface area contributed by atoms with Gasteiger partial charge in [0.2, 0.25) is 10.0 Å². The molecule has 1 fully saturated rings. The van der Waals surface area contributed by atoms with E-state index in [1.807, 2.05) is 13.0 Å². The lowest BCUT2D eigenvalue weighted by Gasteiger charge is -2.27. The van der Waals surface area contributed by atoms with Gasteiger partial charge in [-0.1, -0.05) is 19.1 Å². The molecular weight excluding hydrogens is 260 g/mol. The Kier molecular flexibility index (Phi) is 4.16. The van der Waals surface area contributed by atoms with Crippen LogP contribution in [-0.2, 0) is 10.0 Å². The summed E-state index contributed by atoms with van der Waals surface area (Å²) in [4.78, 5) is 0.379. The van der Waals surface area contributed by atoms with Gasteiger partial charge in [-0.2, -0.15) is 4.31 Å². The van der Waals surface area contributed by atoms with Crippen LogP contribution in [0.25, 0.3) is 0 Å². The molecule has 1 N–H and O–H groups in total. The lowest BCUT2D eigenvalue weighted by atomic mass is 10.2. The number of sulfonamides is 1. The number of nitrogens with zero attached hydrogens (tertiary/aromatic N) is 1. The first-order valence-electron chi connectivity index (χ1n) is 6.82. The van der Waals surface area contributed by atoms with E-state index in [4.69, 9.17) is 0 Å². The Morgan fingerprint density at radius 3 is 2.63 bits per heavy atom. The minimum atomic E-state index is -3.42. The molecule has 1 aromatic carbocycles. The predicted octanol–water partition coefficient (Wildman–Crippen LogP) is 2.68. The van der Waals surface area contributed by atoms with Crippen molar-refractivity contribution in [3.63, 3.8) is 0 Å². The normalized spacial score (nSPS) is 24.6. The Labute approximate surface area is 115 Å². The Hall–Kier alpha value is -1.07. The molecule has 2 rings (SSSR count). The summed E-state index contributed by atoms with van der Waals surface area (Å²) in [6.07, 6.45) is 2.77. The molecule has 0 spiro atoms. The molecule has 2 unspecified atom stereocenters. The average Bonchev–Trinajstić information content (AvgIpc) is 2.80. The van der Waals surface area contributed by atoms with E-state index in [2.05, 4.69) is 12.2 Å². The van der Waals surface area contributed by atoms with Gasteiger partial charge in [0.1, 0.15) is 4.90 Å². The lowest BCUT2D eigenvalue weighted by molar-refractivity contribution is 0.329. The zero-order chi connectivity index (χ0) is 14.0. The topological polar surface area (TPSA) is 49.4 Å². The van der Waals surface area contributed by atoms with Crippen LogP contribution in [0.15, 0.2) is 29.2 Å². The number of benzene rings is 1. The van der Waals surface area contributed by atoms with Gasteiger partial charge in [0.15, 0.2) is 0 Å². The molecule has 1 aliphatic rings. The van der Waals surface area contributed by atoms with Crippen LogP contribution in [0.3, 0.4) is 0 Å². The highest BCUT2D eigenvalue weighted by atomic mass is 32.2. The minimum absolute atomic E-state index is 0.0832. The molecule has 4 nitrogen and oxygen atoms in total. The quantitative estimate of drug-likeness (QED) is 0.923. The van der Waals surface area contributed by atoms with Gasteiger partial charge >= 0.3 is 0 Å². The Bertz CT molecular complexity index is 542. The van der Waals surface area contributed by atoms with Crippen molar-refractivity contribution in [3.8, 4) is 0 Å². The number of rotatable bonds is 4. The van der Waals surface area contributed by atoms with Gasteiger partial charge in [0.25, 0.3) is 0 Å². The smallest absolute Gasteiger partial charge is 0.245 e. The fourth-order valence-electron chi connectivity index (χ4n) is 2.88. The van der Waals surface area contributed by atoms with Crippen molar-refractivity contribution in [2.75, 3.05) is 12.4 Å². The summed E-state index contributed by atoms with van der Waals surface area (Å²) in [5.74, 6) is 0. The molecule has 1 saturated heterocycles. The van der Waals surface area contributed by atoms with E-state index in [0.29, 0.717) is 10.6 Å². The van der Waals surface area contributed by atoms with Crippen molar-refractivity contribution in [1.82, 2.24) is 4.31 Å². The second kappa shape index (κ2) is 5.51. The standard InChI is InChI=1S/C14H22N2O2S/c1-4-12-10-9-11(2)16(12)19(17,18)14-8-6-5-7-13(14)15-3/h5-8,11-12,15H,4,9-10H2,1-3H3. The summed E-state index contributed by atoms with van der Waals surface area (Å²) in [6.45, 7) is 4.05. The molecule has 106 valence electrons. The average molecular weight is 282 g/mol. The number of hydrogen-bond donors (Lipinski definition) is 1. The molecule has 1 aromatic rings. The van der Waals surface area contributed by atoms with Crippen molar-refractivity contribution >= 4 is 15.7 Å². The molecule has 0 bridgehead atoms. The van der Waals surface area contributed by atoms with Crippen molar-refractivity contribution in [2.24, 2.45) is 0 Å². The third-order valence-corrected chi connectivity index (χ3v) is 6.02. The van der Waals surface area contributed by atoms with Crippen molar-refractivity contribution in [2.45, 2.75) is 50.1 Å². The van der Waals surface area contributed by atoms with E-state index in [0.717, 1.165) is 19.3 Å². The largest absolute Gasteiger partial charge is 0.387 e. The maximum atomic E-state index is 12.9. The van der Waals surface area contributed by atoms with Crippen molar-refractivity contribution in [1.29, 1.82) is 0 Å². The van der Waals surface area contributed by atoms with E-state index < -0.39 is 10.0 Å². The number of anilines is 1. The first-order valence-corrected chi connectivity index (χ1v) is 8.26. The molecule has 0 amide bonds. The van der Waals surface area contributed by atoms with Crippen molar-refractivity contribution in [3.05, 3.63) is 24.3 Å². The van der Waals surface area contributed by atoms with Crippen LogP contribution in [0.1, 0.15) is 33.1 Å². The zero-order valence-electron chi connectivity index (χ0n) is 11.8. The summed E-state index contributed by atoms with van der Waals surface area (Å²) < 4.78 is 27.5. The van der Waals surface area contributed by atoms with Crippen LogP contribution in [0.2, 0.25) is 0 Å². The van der Waals surface area contributed by atoms with E-state index in [1.54, 1.807) is 29.6 Å². The zero-order valence-corrected chi connectivity index (χ0v) is 12.6. The fraction of sp³-hybridized carbons (Fsp3) is 0.571. The molecule has 0 saturated carbocycles. The summed E-state index contributed by atoms with van der Waals surface area (Å²) in [7, 11) is -1.67. The molecule has 1 heterocycles. The third kappa shape index (κ3) is 2.49. The maximum absolute atomic E-state index is 12.9. The van der Waals surface area contributed by atoms with Crippen LogP contribution in [0, 0.1) is 0 Å². The predicted molar refractivity (Wildman–Crippen MR) is 77.8 cm³/mol. The second-order valence-electron chi connectivity index (χ2n) is 5.07.